The molecule has 120 valence electrons. The molecule has 3 aromatic heterocycles. The number of nitrogens with one attached hydrogen (secondary N) is 1. The summed E-state index contributed by atoms with van der Waals surface area (Å²) in [4.78, 5) is 26.0. The summed E-state index contributed by atoms with van der Waals surface area (Å²) in [6.45, 7) is 2.83. The van der Waals surface area contributed by atoms with Gasteiger partial charge in [-0.3, -0.25) is 9.69 Å². The van der Waals surface area contributed by atoms with Gasteiger partial charge in [-0.2, -0.15) is 0 Å². The third kappa shape index (κ3) is 2.65. The molecule has 0 spiro atoms. The number of fused-ring (bicyclic) bond motifs is 3. The monoisotopic (exact) mass is 345 g/mol. The molecule has 0 bridgehead atoms. The normalized spacial score (nSPS) is 15.4. The minimum atomic E-state index is 0.0292. The van der Waals surface area contributed by atoms with E-state index in [0.717, 1.165) is 28.9 Å². The zero-order valence-electron chi connectivity index (χ0n) is 13.3. The molecule has 4 nitrogen and oxygen atoms in total. The van der Waals surface area contributed by atoms with Crippen LogP contribution in [0.15, 0.2) is 22.3 Å². The van der Waals surface area contributed by atoms with E-state index in [2.05, 4.69) is 41.4 Å². The fourth-order valence-electron chi connectivity index (χ4n) is 3.24. The van der Waals surface area contributed by atoms with Gasteiger partial charge in [0.25, 0.3) is 5.56 Å². The van der Waals surface area contributed by atoms with E-state index in [0.29, 0.717) is 12.6 Å². The van der Waals surface area contributed by atoms with Crippen molar-refractivity contribution in [1.29, 1.82) is 0 Å². The van der Waals surface area contributed by atoms with Crippen LogP contribution in [-0.4, -0.2) is 21.9 Å². The van der Waals surface area contributed by atoms with Crippen LogP contribution in [0.2, 0.25) is 0 Å². The molecule has 23 heavy (non-hydrogen) atoms. The third-order valence-electron chi connectivity index (χ3n) is 4.64. The predicted molar refractivity (Wildman–Crippen MR) is 96.5 cm³/mol. The molecule has 1 aliphatic rings. The highest BCUT2D eigenvalue weighted by Gasteiger charge is 2.21. The van der Waals surface area contributed by atoms with Crippen molar-refractivity contribution in [2.24, 2.45) is 0 Å². The lowest BCUT2D eigenvalue weighted by atomic mass is 10.2. The second kappa shape index (κ2) is 5.85. The molecule has 0 unspecified atom stereocenters. The molecule has 0 saturated heterocycles. The van der Waals surface area contributed by atoms with Crippen LogP contribution in [0.25, 0.3) is 10.2 Å². The smallest absolute Gasteiger partial charge is 0.259 e. The number of aromatic amines is 1. The average molecular weight is 345 g/mol. The zero-order valence-corrected chi connectivity index (χ0v) is 14.9. The lowest BCUT2D eigenvalue weighted by Gasteiger charge is -2.23. The molecule has 0 fully saturated rings. The first-order valence-electron chi connectivity index (χ1n) is 7.90. The number of hydrogen-bond donors (Lipinski definition) is 1. The van der Waals surface area contributed by atoms with Gasteiger partial charge in [-0.1, -0.05) is 6.07 Å². The van der Waals surface area contributed by atoms with Gasteiger partial charge in [0.05, 0.1) is 11.9 Å². The average Bonchev–Trinajstić information content (AvgIpc) is 3.22. The van der Waals surface area contributed by atoms with Gasteiger partial charge in [0.15, 0.2) is 0 Å². The topological polar surface area (TPSA) is 49.0 Å². The van der Waals surface area contributed by atoms with E-state index in [1.807, 2.05) is 0 Å². The largest absolute Gasteiger partial charge is 0.309 e. The number of aryl methyl sites for hydroxylation is 2. The number of hydrogen-bond acceptors (Lipinski definition) is 5. The van der Waals surface area contributed by atoms with Gasteiger partial charge in [-0.15, -0.1) is 22.7 Å². The Labute approximate surface area is 142 Å². The maximum absolute atomic E-state index is 12.5. The van der Waals surface area contributed by atoms with Crippen molar-refractivity contribution < 1.29 is 0 Å². The Balaban J connectivity index is 1.64. The van der Waals surface area contributed by atoms with Crippen LogP contribution >= 0.6 is 22.7 Å². The van der Waals surface area contributed by atoms with Gasteiger partial charge in [-0.05, 0) is 50.2 Å². The molecule has 1 atom stereocenters. The van der Waals surface area contributed by atoms with Crippen molar-refractivity contribution in [1.82, 2.24) is 14.9 Å². The van der Waals surface area contributed by atoms with Gasteiger partial charge in [0, 0.05) is 15.8 Å². The molecule has 3 heterocycles. The van der Waals surface area contributed by atoms with Crippen LogP contribution in [0.1, 0.15) is 40.5 Å². The van der Waals surface area contributed by atoms with Crippen molar-refractivity contribution in [3.63, 3.8) is 0 Å². The fourth-order valence-corrected chi connectivity index (χ4v) is 5.37. The summed E-state index contributed by atoms with van der Waals surface area (Å²) < 4.78 is 0. The zero-order chi connectivity index (χ0) is 16.0. The Morgan fingerprint density at radius 1 is 1.43 bits per heavy atom. The summed E-state index contributed by atoms with van der Waals surface area (Å²) in [5, 5.41) is 2.93. The lowest BCUT2D eigenvalue weighted by Crippen LogP contribution is -2.24. The van der Waals surface area contributed by atoms with E-state index in [9.17, 15) is 4.79 Å². The number of aromatic nitrogens is 2. The van der Waals surface area contributed by atoms with Crippen LogP contribution < -0.4 is 5.56 Å². The molecular formula is C17H19N3OS2. The number of rotatable bonds is 4. The molecular weight excluding hydrogens is 326 g/mol. The fraction of sp³-hybridized carbons (Fsp3) is 0.412. The first-order chi connectivity index (χ1) is 11.1. The van der Waals surface area contributed by atoms with Crippen LogP contribution in [-0.2, 0) is 19.4 Å². The molecule has 0 aromatic carbocycles. The van der Waals surface area contributed by atoms with Gasteiger partial charge < -0.3 is 4.98 Å². The third-order valence-corrected chi connectivity index (χ3v) is 6.87. The summed E-state index contributed by atoms with van der Waals surface area (Å²) >= 11 is 3.46. The Hall–Kier alpha value is -1.50. The first kappa shape index (κ1) is 15.1. The van der Waals surface area contributed by atoms with Crippen LogP contribution in [0, 0.1) is 0 Å². The first-order valence-corrected chi connectivity index (χ1v) is 9.60. The van der Waals surface area contributed by atoms with Crippen molar-refractivity contribution in [2.75, 3.05) is 7.05 Å². The van der Waals surface area contributed by atoms with Gasteiger partial charge in [0.1, 0.15) is 10.7 Å². The van der Waals surface area contributed by atoms with Crippen molar-refractivity contribution >= 4 is 32.9 Å². The second-order valence-electron chi connectivity index (χ2n) is 6.16. The predicted octanol–water partition coefficient (Wildman–Crippen LogP) is 3.73. The molecule has 1 N–H and O–H groups in total. The summed E-state index contributed by atoms with van der Waals surface area (Å²) in [5.74, 6) is 0.758. The molecule has 6 heteroatoms. The molecule has 0 aliphatic heterocycles. The maximum atomic E-state index is 12.5. The highest BCUT2D eigenvalue weighted by molar-refractivity contribution is 7.18. The van der Waals surface area contributed by atoms with Gasteiger partial charge >= 0.3 is 0 Å². The SMILES string of the molecule is C[C@@H](c1cccs1)N(C)Cc1nc2sc3c(c2c(=O)[nH]1)CCC3. The summed E-state index contributed by atoms with van der Waals surface area (Å²) in [6, 6.07) is 4.53. The highest BCUT2D eigenvalue weighted by atomic mass is 32.1. The van der Waals surface area contributed by atoms with E-state index >= 15 is 0 Å². The molecule has 3 aromatic rings. The maximum Gasteiger partial charge on any atom is 0.259 e. The standard InChI is InChI=1S/C17H19N3OS2/c1-10(12-7-4-8-22-12)20(2)9-14-18-16(21)15-11-5-3-6-13(11)23-17(15)19-14/h4,7-8,10H,3,5-6,9H2,1-2H3,(H,18,19,21)/t10-/m0/s1. The van der Waals surface area contributed by atoms with Crippen molar-refractivity contribution in [3.05, 3.63) is 49.0 Å². The van der Waals surface area contributed by atoms with E-state index in [1.165, 1.54) is 21.7 Å². The lowest BCUT2D eigenvalue weighted by molar-refractivity contribution is 0.250. The summed E-state index contributed by atoms with van der Waals surface area (Å²) in [7, 11) is 2.07. The number of nitrogens with zero attached hydrogens (tertiary/aromatic N) is 2. The summed E-state index contributed by atoms with van der Waals surface area (Å²) in [6.07, 6.45) is 3.29. The quantitative estimate of drug-likeness (QED) is 0.784. The van der Waals surface area contributed by atoms with Gasteiger partial charge in [-0.25, -0.2) is 4.98 Å². The molecule has 0 radical (unpaired) electrons. The van der Waals surface area contributed by atoms with Crippen LogP contribution in [0.5, 0.6) is 0 Å². The van der Waals surface area contributed by atoms with Gasteiger partial charge in [0.2, 0.25) is 0 Å². The Morgan fingerprint density at radius 2 is 2.30 bits per heavy atom. The molecule has 0 amide bonds. The second-order valence-corrected chi connectivity index (χ2v) is 8.22. The number of H-pyrrole nitrogens is 1. The minimum absolute atomic E-state index is 0.0292. The molecule has 4 rings (SSSR count). The molecule has 1 aliphatic carbocycles. The van der Waals surface area contributed by atoms with Crippen molar-refractivity contribution in [3.8, 4) is 0 Å². The number of thiophene rings is 2. The van der Waals surface area contributed by atoms with Crippen molar-refractivity contribution in [2.45, 2.75) is 38.8 Å². The Morgan fingerprint density at radius 3 is 3.09 bits per heavy atom. The highest BCUT2D eigenvalue weighted by Crippen LogP contribution is 2.34. The van der Waals surface area contributed by atoms with E-state index in [4.69, 9.17) is 4.98 Å². The molecule has 0 saturated carbocycles. The Bertz CT molecular complexity index is 895. The van der Waals surface area contributed by atoms with Crippen LogP contribution in [0.3, 0.4) is 0 Å². The summed E-state index contributed by atoms with van der Waals surface area (Å²) in [5.41, 5.74) is 1.27. The minimum Gasteiger partial charge on any atom is -0.309 e. The van der Waals surface area contributed by atoms with Crippen LogP contribution in [0.4, 0.5) is 0 Å². The van der Waals surface area contributed by atoms with E-state index < -0.39 is 0 Å². The van der Waals surface area contributed by atoms with E-state index in [-0.39, 0.29) is 5.56 Å². The van der Waals surface area contributed by atoms with E-state index in [1.54, 1.807) is 22.7 Å². The Kier molecular flexibility index (Phi) is 3.83.